The van der Waals surface area contributed by atoms with Crippen molar-refractivity contribution in [3.8, 4) is 0 Å². The number of rotatable bonds is 4. The van der Waals surface area contributed by atoms with Gasteiger partial charge in [0, 0.05) is 6.20 Å². The average molecular weight is 243 g/mol. The maximum Gasteiger partial charge on any atom is 0.273 e. The van der Waals surface area contributed by atoms with E-state index in [2.05, 4.69) is 15.5 Å². The minimum Gasteiger partial charge on any atom is -0.378 e. The van der Waals surface area contributed by atoms with Crippen LogP contribution in [0.25, 0.3) is 0 Å². The lowest BCUT2D eigenvalue weighted by molar-refractivity contribution is -0.129. The number of aliphatic hydroxyl groups excluding tert-OH is 1. The largest absolute Gasteiger partial charge is 0.378 e. The topological polar surface area (TPSA) is 77.5 Å². The Morgan fingerprint density at radius 2 is 2.06 bits per heavy atom. The Morgan fingerprint density at radius 1 is 1.28 bits per heavy atom. The first-order valence-electron chi connectivity index (χ1n) is 5.46. The van der Waals surface area contributed by atoms with Crippen LogP contribution in [-0.4, -0.2) is 22.2 Å². The van der Waals surface area contributed by atoms with Gasteiger partial charge in [-0.2, -0.15) is 5.10 Å². The summed E-state index contributed by atoms with van der Waals surface area (Å²) >= 11 is 0. The van der Waals surface area contributed by atoms with Crippen molar-refractivity contribution in [1.82, 2.24) is 10.4 Å². The molecule has 5 heteroatoms. The molecule has 1 aromatic carbocycles. The van der Waals surface area contributed by atoms with Gasteiger partial charge in [-0.25, -0.2) is 5.43 Å². The van der Waals surface area contributed by atoms with E-state index < -0.39 is 12.0 Å². The number of aromatic amines is 1. The molecule has 0 fully saturated rings. The van der Waals surface area contributed by atoms with Crippen LogP contribution in [0.1, 0.15) is 17.4 Å². The maximum absolute atomic E-state index is 11.6. The molecule has 2 aromatic rings. The summed E-state index contributed by atoms with van der Waals surface area (Å²) in [5.41, 5.74) is 3.58. The molecule has 92 valence electrons. The highest BCUT2D eigenvalue weighted by Crippen LogP contribution is 2.11. The predicted octanol–water partition coefficient (Wildman–Crippen LogP) is 1.20. The van der Waals surface area contributed by atoms with Crippen LogP contribution in [0.3, 0.4) is 0 Å². The molecule has 0 spiro atoms. The van der Waals surface area contributed by atoms with E-state index in [4.69, 9.17) is 0 Å². The second-order valence-corrected chi connectivity index (χ2v) is 3.67. The molecule has 1 atom stereocenters. The van der Waals surface area contributed by atoms with Gasteiger partial charge in [0.05, 0.1) is 11.9 Å². The van der Waals surface area contributed by atoms with Crippen LogP contribution < -0.4 is 5.43 Å². The molecule has 0 aliphatic heterocycles. The summed E-state index contributed by atoms with van der Waals surface area (Å²) < 4.78 is 0. The second kappa shape index (κ2) is 5.79. The van der Waals surface area contributed by atoms with Gasteiger partial charge in [0.15, 0.2) is 6.10 Å². The molecule has 1 heterocycles. The number of carbonyl (C=O) groups is 1. The van der Waals surface area contributed by atoms with Crippen LogP contribution in [0.4, 0.5) is 0 Å². The highest BCUT2D eigenvalue weighted by molar-refractivity contribution is 5.84. The first-order valence-corrected chi connectivity index (χ1v) is 5.46. The van der Waals surface area contributed by atoms with Gasteiger partial charge in [-0.1, -0.05) is 30.3 Å². The number of H-pyrrole nitrogens is 1. The highest BCUT2D eigenvalue weighted by atomic mass is 16.3. The van der Waals surface area contributed by atoms with Gasteiger partial charge < -0.3 is 10.1 Å². The van der Waals surface area contributed by atoms with E-state index in [1.165, 1.54) is 6.21 Å². The second-order valence-electron chi connectivity index (χ2n) is 3.67. The van der Waals surface area contributed by atoms with Crippen LogP contribution in [-0.2, 0) is 4.79 Å². The van der Waals surface area contributed by atoms with Crippen LogP contribution in [0, 0.1) is 0 Å². The van der Waals surface area contributed by atoms with Gasteiger partial charge in [0.1, 0.15) is 0 Å². The number of amides is 1. The van der Waals surface area contributed by atoms with E-state index in [1.807, 2.05) is 18.2 Å². The zero-order chi connectivity index (χ0) is 12.8. The van der Waals surface area contributed by atoms with Crippen molar-refractivity contribution in [3.63, 3.8) is 0 Å². The third-order valence-electron chi connectivity index (χ3n) is 2.36. The maximum atomic E-state index is 11.6. The van der Waals surface area contributed by atoms with Crippen LogP contribution in [0.2, 0.25) is 0 Å². The minimum atomic E-state index is -1.22. The zero-order valence-corrected chi connectivity index (χ0v) is 9.58. The third kappa shape index (κ3) is 3.05. The number of hydrogen-bond donors (Lipinski definition) is 3. The fraction of sp³-hybridized carbons (Fsp3) is 0.0769. The first kappa shape index (κ1) is 12.1. The quantitative estimate of drug-likeness (QED) is 0.557. The van der Waals surface area contributed by atoms with Gasteiger partial charge in [-0.15, -0.1) is 0 Å². The van der Waals surface area contributed by atoms with Gasteiger partial charge in [0.25, 0.3) is 5.91 Å². The Kier molecular flexibility index (Phi) is 3.88. The molecular weight excluding hydrogens is 230 g/mol. The fourth-order valence-electron chi connectivity index (χ4n) is 1.44. The number of aliphatic hydroxyl groups is 1. The van der Waals surface area contributed by atoms with Crippen molar-refractivity contribution >= 4 is 12.1 Å². The molecule has 0 radical (unpaired) electrons. The zero-order valence-electron chi connectivity index (χ0n) is 9.58. The molecule has 0 saturated carbocycles. The molecule has 1 aromatic heterocycles. The number of hydrogen-bond acceptors (Lipinski definition) is 3. The summed E-state index contributed by atoms with van der Waals surface area (Å²) in [6.45, 7) is 0. The van der Waals surface area contributed by atoms with Crippen LogP contribution in [0.15, 0.2) is 53.8 Å². The highest BCUT2D eigenvalue weighted by Gasteiger charge is 2.15. The number of nitrogens with one attached hydrogen (secondary N) is 2. The van der Waals surface area contributed by atoms with E-state index in [0.717, 1.165) is 5.69 Å². The van der Waals surface area contributed by atoms with Gasteiger partial charge in [-0.05, 0) is 17.7 Å². The minimum absolute atomic E-state index is 0.532. The Labute approximate surface area is 104 Å². The van der Waals surface area contributed by atoms with Gasteiger partial charge >= 0.3 is 0 Å². The smallest absolute Gasteiger partial charge is 0.273 e. The van der Waals surface area contributed by atoms with Crippen molar-refractivity contribution in [3.05, 3.63) is 59.9 Å². The lowest BCUT2D eigenvalue weighted by atomic mass is 10.1. The Morgan fingerprint density at radius 3 is 2.72 bits per heavy atom. The van der Waals surface area contributed by atoms with Crippen molar-refractivity contribution in [2.45, 2.75) is 6.10 Å². The molecule has 0 aliphatic rings. The van der Waals surface area contributed by atoms with Crippen molar-refractivity contribution < 1.29 is 9.90 Å². The number of nitrogens with zero attached hydrogens (tertiary/aromatic N) is 1. The molecule has 2 rings (SSSR count). The van der Waals surface area contributed by atoms with Crippen molar-refractivity contribution in [2.24, 2.45) is 5.10 Å². The normalized spacial score (nSPS) is 12.5. The van der Waals surface area contributed by atoms with E-state index >= 15 is 0 Å². The first-order chi connectivity index (χ1) is 8.77. The Bertz CT molecular complexity index is 520. The van der Waals surface area contributed by atoms with Crippen LogP contribution >= 0.6 is 0 Å². The SMILES string of the molecule is O=C(N/N=C/c1ccc[nH]1)[C@@H](O)c1ccccc1. The summed E-state index contributed by atoms with van der Waals surface area (Å²) in [5, 5.41) is 13.5. The molecule has 1 amide bonds. The molecule has 0 bridgehead atoms. The van der Waals surface area contributed by atoms with E-state index in [-0.39, 0.29) is 0 Å². The third-order valence-corrected chi connectivity index (χ3v) is 2.36. The molecule has 3 N–H and O–H groups in total. The van der Waals surface area contributed by atoms with Crippen molar-refractivity contribution in [1.29, 1.82) is 0 Å². The Balaban J connectivity index is 1.92. The van der Waals surface area contributed by atoms with Gasteiger partial charge in [-0.3, -0.25) is 4.79 Å². The number of carbonyl (C=O) groups excluding carboxylic acids is 1. The lowest BCUT2D eigenvalue weighted by Crippen LogP contribution is -2.25. The monoisotopic (exact) mass is 243 g/mol. The molecule has 0 saturated heterocycles. The lowest BCUT2D eigenvalue weighted by Gasteiger charge is -2.08. The van der Waals surface area contributed by atoms with Crippen LogP contribution in [0.5, 0.6) is 0 Å². The number of hydrazone groups is 1. The molecule has 0 unspecified atom stereocenters. The van der Waals surface area contributed by atoms with E-state index in [0.29, 0.717) is 5.56 Å². The molecule has 0 aliphatic carbocycles. The summed E-state index contributed by atoms with van der Waals surface area (Å²) in [5.74, 6) is -0.566. The fourth-order valence-corrected chi connectivity index (χ4v) is 1.44. The summed E-state index contributed by atoms with van der Waals surface area (Å²) in [6, 6.07) is 12.3. The summed E-state index contributed by atoms with van der Waals surface area (Å²) in [4.78, 5) is 14.5. The predicted molar refractivity (Wildman–Crippen MR) is 67.9 cm³/mol. The average Bonchev–Trinajstić information content (AvgIpc) is 2.92. The van der Waals surface area contributed by atoms with Gasteiger partial charge in [0.2, 0.25) is 0 Å². The standard InChI is InChI=1S/C13H13N3O2/c17-12(10-5-2-1-3-6-10)13(18)16-15-9-11-7-4-8-14-11/h1-9,12,14,17H,(H,16,18)/b15-9+/t12-/m0/s1. The number of aromatic nitrogens is 1. The van der Waals surface area contributed by atoms with Crippen molar-refractivity contribution in [2.75, 3.05) is 0 Å². The van der Waals surface area contributed by atoms with E-state index in [1.54, 1.807) is 30.5 Å². The molecule has 5 nitrogen and oxygen atoms in total. The van der Waals surface area contributed by atoms with E-state index in [9.17, 15) is 9.90 Å². The molecule has 18 heavy (non-hydrogen) atoms. The molecular formula is C13H13N3O2. The number of benzene rings is 1. The summed E-state index contributed by atoms with van der Waals surface area (Å²) in [7, 11) is 0. The Hall–Kier alpha value is -2.40. The summed E-state index contributed by atoms with van der Waals surface area (Å²) in [6.07, 6.45) is 2.00.